The first-order valence-electron chi connectivity index (χ1n) is 4.71. The Morgan fingerprint density at radius 3 is 2.53 bits per heavy atom. The van der Waals surface area contributed by atoms with Gasteiger partial charge in [-0.2, -0.15) is 5.10 Å². The molecule has 17 heavy (non-hydrogen) atoms. The Morgan fingerprint density at radius 1 is 1.12 bits per heavy atom. The predicted molar refractivity (Wildman–Crippen MR) is 69.8 cm³/mol. The zero-order valence-corrected chi connectivity index (χ0v) is 10.8. The number of alkyl halides is 1. The molecule has 0 N–H and O–H groups in total. The molecule has 3 nitrogen and oxygen atoms in total. The zero-order chi connectivity index (χ0) is 12.4. The quantitative estimate of drug-likeness (QED) is 0.794. The van der Waals surface area contributed by atoms with E-state index in [-0.39, 0.29) is 11.6 Å². The molecule has 0 fully saturated rings. The number of benzene rings is 1. The van der Waals surface area contributed by atoms with Crippen molar-refractivity contribution in [3.63, 3.8) is 0 Å². The van der Waals surface area contributed by atoms with Gasteiger partial charge in [0.15, 0.2) is 0 Å². The van der Waals surface area contributed by atoms with Crippen LogP contribution in [0.15, 0.2) is 35.1 Å². The highest BCUT2D eigenvalue weighted by molar-refractivity contribution is 6.42. The molecule has 0 spiro atoms. The fourth-order valence-electron chi connectivity index (χ4n) is 1.34. The number of hydrogen-bond acceptors (Lipinski definition) is 2. The molecule has 2 rings (SSSR count). The van der Waals surface area contributed by atoms with Gasteiger partial charge in [0.1, 0.15) is 6.00 Å². The van der Waals surface area contributed by atoms with E-state index in [9.17, 15) is 4.79 Å². The van der Waals surface area contributed by atoms with Crippen molar-refractivity contribution in [2.75, 3.05) is 0 Å². The number of aromatic nitrogens is 2. The molecule has 0 aliphatic heterocycles. The summed E-state index contributed by atoms with van der Waals surface area (Å²) in [4.78, 5) is 11.3. The second kappa shape index (κ2) is 5.08. The summed E-state index contributed by atoms with van der Waals surface area (Å²) in [7, 11) is 0. The summed E-state index contributed by atoms with van der Waals surface area (Å²) in [5.74, 6) is 0. The van der Waals surface area contributed by atoms with Crippen molar-refractivity contribution in [1.82, 2.24) is 9.78 Å². The van der Waals surface area contributed by atoms with Gasteiger partial charge in [-0.3, -0.25) is 4.79 Å². The van der Waals surface area contributed by atoms with Gasteiger partial charge in [0.25, 0.3) is 5.56 Å². The normalized spacial score (nSPS) is 10.5. The molecule has 1 aromatic heterocycles. The van der Waals surface area contributed by atoms with Gasteiger partial charge in [-0.1, -0.05) is 29.3 Å². The highest BCUT2D eigenvalue weighted by atomic mass is 35.5. The molecule has 0 radical (unpaired) electrons. The molecule has 0 saturated carbocycles. The summed E-state index contributed by atoms with van der Waals surface area (Å²) in [6.07, 6.45) is 0. The summed E-state index contributed by atoms with van der Waals surface area (Å²) in [5.41, 5.74) is 1.14. The van der Waals surface area contributed by atoms with E-state index in [1.54, 1.807) is 24.3 Å². The molecule has 0 amide bonds. The zero-order valence-electron chi connectivity index (χ0n) is 8.53. The lowest BCUT2D eigenvalue weighted by molar-refractivity contribution is 0.692. The number of halogens is 3. The lowest BCUT2D eigenvalue weighted by atomic mass is 10.1. The van der Waals surface area contributed by atoms with Gasteiger partial charge in [0.2, 0.25) is 0 Å². The monoisotopic (exact) mass is 288 g/mol. The van der Waals surface area contributed by atoms with Crippen LogP contribution in [0, 0.1) is 0 Å². The van der Waals surface area contributed by atoms with E-state index in [1.807, 2.05) is 0 Å². The minimum absolute atomic E-state index is 0.00793. The predicted octanol–water partition coefficient (Wildman–Crippen LogP) is 3.41. The van der Waals surface area contributed by atoms with Crippen LogP contribution in [0.1, 0.15) is 0 Å². The Labute approximate surface area is 113 Å². The fourth-order valence-corrected chi connectivity index (χ4v) is 1.81. The first-order chi connectivity index (χ1) is 8.11. The number of rotatable bonds is 2. The fraction of sp³-hybridized carbons (Fsp3) is 0.0909. The van der Waals surface area contributed by atoms with Crippen molar-refractivity contribution in [1.29, 1.82) is 0 Å². The van der Waals surface area contributed by atoms with Gasteiger partial charge in [0, 0.05) is 11.6 Å². The maximum atomic E-state index is 11.3. The van der Waals surface area contributed by atoms with E-state index in [4.69, 9.17) is 34.8 Å². The van der Waals surface area contributed by atoms with Crippen LogP contribution in [-0.4, -0.2) is 9.78 Å². The molecule has 2 aromatic rings. The molecular formula is C11H7Cl3N2O. The highest BCUT2D eigenvalue weighted by Gasteiger charge is 2.05. The van der Waals surface area contributed by atoms with Gasteiger partial charge in [-0.25, -0.2) is 4.68 Å². The topological polar surface area (TPSA) is 34.9 Å². The molecule has 1 heterocycles. The largest absolute Gasteiger partial charge is 0.268 e. The molecule has 6 heteroatoms. The average Bonchev–Trinajstić information content (AvgIpc) is 2.33. The van der Waals surface area contributed by atoms with E-state index in [2.05, 4.69) is 5.10 Å². The number of hydrogen-bond donors (Lipinski definition) is 0. The smallest absolute Gasteiger partial charge is 0.267 e. The first kappa shape index (κ1) is 12.4. The molecule has 0 aliphatic carbocycles. The standard InChI is InChI=1S/C11H7Cl3N2O/c12-6-16-11(17)4-3-10(15-16)7-1-2-8(13)9(14)5-7/h1-5H,6H2. The van der Waals surface area contributed by atoms with E-state index >= 15 is 0 Å². The van der Waals surface area contributed by atoms with E-state index < -0.39 is 0 Å². The second-order valence-electron chi connectivity index (χ2n) is 3.30. The molecule has 1 aromatic carbocycles. The Morgan fingerprint density at radius 2 is 1.88 bits per heavy atom. The molecule has 0 bridgehead atoms. The van der Waals surface area contributed by atoms with Crippen molar-refractivity contribution in [2.24, 2.45) is 0 Å². The van der Waals surface area contributed by atoms with Crippen LogP contribution in [0.25, 0.3) is 11.3 Å². The lowest BCUT2D eigenvalue weighted by Gasteiger charge is -2.05. The maximum absolute atomic E-state index is 11.3. The van der Waals surface area contributed by atoms with Gasteiger partial charge < -0.3 is 0 Å². The van der Waals surface area contributed by atoms with Gasteiger partial charge in [0.05, 0.1) is 15.7 Å². The maximum Gasteiger partial charge on any atom is 0.267 e. The van der Waals surface area contributed by atoms with Gasteiger partial charge in [-0.05, 0) is 18.2 Å². The molecule has 0 unspecified atom stereocenters. The van der Waals surface area contributed by atoms with Gasteiger partial charge >= 0.3 is 0 Å². The third-order valence-corrected chi connectivity index (χ3v) is 3.16. The van der Waals surface area contributed by atoms with Crippen molar-refractivity contribution in [2.45, 2.75) is 6.00 Å². The Kier molecular flexibility index (Phi) is 3.72. The van der Waals surface area contributed by atoms with E-state index in [0.717, 1.165) is 5.56 Å². The van der Waals surface area contributed by atoms with Crippen molar-refractivity contribution in [3.8, 4) is 11.3 Å². The Balaban J connectivity index is 2.53. The summed E-state index contributed by atoms with van der Waals surface area (Å²) >= 11 is 17.3. The molecule has 0 aliphatic rings. The second-order valence-corrected chi connectivity index (χ2v) is 4.36. The van der Waals surface area contributed by atoms with E-state index in [0.29, 0.717) is 15.7 Å². The minimum atomic E-state index is -0.246. The summed E-state index contributed by atoms with van der Waals surface area (Å²) in [6, 6.07) is 8.18. The molecule has 0 atom stereocenters. The van der Waals surface area contributed by atoms with E-state index in [1.165, 1.54) is 10.7 Å². The van der Waals surface area contributed by atoms with Crippen LogP contribution in [0.3, 0.4) is 0 Å². The molecule has 0 saturated heterocycles. The van der Waals surface area contributed by atoms with Crippen LogP contribution < -0.4 is 5.56 Å². The van der Waals surface area contributed by atoms with Crippen LogP contribution in [0.5, 0.6) is 0 Å². The van der Waals surface area contributed by atoms with Crippen molar-refractivity contribution >= 4 is 34.8 Å². The first-order valence-corrected chi connectivity index (χ1v) is 6.00. The lowest BCUT2D eigenvalue weighted by Crippen LogP contribution is -2.20. The summed E-state index contributed by atoms with van der Waals surface area (Å²) in [5, 5.41) is 5.01. The third kappa shape index (κ3) is 2.63. The summed E-state index contributed by atoms with van der Waals surface area (Å²) in [6.45, 7) is 0. The minimum Gasteiger partial charge on any atom is -0.268 e. The van der Waals surface area contributed by atoms with Crippen LogP contribution in [-0.2, 0) is 6.00 Å². The molecular weight excluding hydrogens is 282 g/mol. The Hall–Kier alpha value is -1.03. The SMILES string of the molecule is O=c1ccc(-c2ccc(Cl)c(Cl)c2)nn1CCl. The van der Waals surface area contributed by atoms with Crippen LogP contribution >= 0.6 is 34.8 Å². The molecule has 88 valence electrons. The average molecular weight is 290 g/mol. The number of nitrogens with zero attached hydrogens (tertiary/aromatic N) is 2. The van der Waals surface area contributed by atoms with Crippen LogP contribution in [0.2, 0.25) is 10.0 Å². The van der Waals surface area contributed by atoms with Gasteiger partial charge in [-0.15, -0.1) is 11.6 Å². The highest BCUT2D eigenvalue weighted by Crippen LogP contribution is 2.26. The van der Waals surface area contributed by atoms with Crippen molar-refractivity contribution in [3.05, 3.63) is 50.7 Å². The third-order valence-electron chi connectivity index (χ3n) is 2.20. The summed E-state index contributed by atoms with van der Waals surface area (Å²) < 4.78 is 1.17. The van der Waals surface area contributed by atoms with Crippen molar-refractivity contribution < 1.29 is 0 Å². The van der Waals surface area contributed by atoms with Crippen LogP contribution in [0.4, 0.5) is 0 Å². The Bertz CT molecular complexity index is 610.